The first-order valence-corrected chi connectivity index (χ1v) is 11.1. The van der Waals surface area contributed by atoms with Crippen LogP contribution in [0.25, 0.3) is 0 Å². The van der Waals surface area contributed by atoms with Crippen molar-refractivity contribution in [3.63, 3.8) is 0 Å². The number of halogens is 5. The highest BCUT2D eigenvalue weighted by Crippen LogP contribution is 2.33. The average Bonchev–Trinajstić information content (AvgIpc) is 2.79. The Morgan fingerprint density at radius 1 is 0.971 bits per heavy atom. The Kier molecular flexibility index (Phi) is 7.06. The molecule has 0 aromatic heterocycles. The number of carbonyl (C=O) groups excluding carboxylic acids is 1. The van der Waals surface area contributed by atoms with Gasteiger partial charge in [-0.1, -0.05) is 24.3 Å². The summed E-state index contributed by atoms with van der Waals surface area (Å²) in [6.45, 7) is 3.09. The summed E-state index contributed by atoms with van der Waals surface area (Å²) in [5.41, 5.74) is -2.27. The molecule has 178 valence electrons. The fraction of sp³-hybridized carbons (Fsp3) is 0.0870. The number of nitrogens with one attached hydrogen (secondary N) is 1. The molecule has 3 aromatic carbocycles. The van der Waals surface area contributed by atoms with E-state index in [0.29, 0.717) is 10.4 Å². The predicted octanol–water partition coefficient (Wildman–Crippen LogP) is 5.62. The average molecular weight is 496 g/mol. The summed E-state index contributed by atoms with van der Waals surface area (Å²) < 4.78 is 94.3. The maximum absolute atomic E-state index is 13.8. The highest BCUT2D eigenvalue weighted by Gasteiger charge is 2.32. The number of nitrogens with zero attached hydrogens (tertiary/aromatic N) is 1. The van der Waals surface area contributed by atoms with Crippen molar-refractivity contribution in [2.24, 2.45) is 0 Å². The first-order chi connectivity index (χ1) is 15.9. The van der Waals surface area contributed by atoms with Crippen LogP contribution in [-0.2, 0) is 16.2 Å². The van der Waals surface area contributed by atoms with Crippen molar-refractivity contribution in [1.82, 2.24) is 0 Å². The van der Waals surface area contributed by atoms with Crippen molar-refractivity contribution in [2.75, 3.05) is 16.2 Å². The van der Waals surface area contributed by atoms with Gasteiger partial charge in [-0.05, 0) is 48.5 Å². The Balaban J connectivity index is 1.99. The standard InChI is InChI=1S/C23H17F5N2O3S/c1-2-12-30(17-8-4-7-16(14-17)23(26,27)28)34(32,33)18-9-3-6-15(13-18)22(31)29-21-19(24)10-5-11-20(21)25/h2-11,13-14H,1,12H2,(H,29,31). The second kappa shape index (κ2) is 9.64. The summed E-state index contributed by atoms with van der Waals surface area (Å²) in [4.78, 5) is 12.1. The number of benzene rings is 3. The number of rotatable bonds is 7. The molecule has 34 heavy (non-hydrogen) atoms. The molecule has 0 radical (unpaired) electrons. The third-order valence-corrected chi connectivity index (χ3v) is 6.43. The topological polar surface area (TPSA) is 66.5 Å². The van der Waals surface area contributed by atoms with Gasteiger partial charge in [0.1, 0.15) is 17.3 Å². The second-order valence-corrected chi connectivity index (χ2v) is 8.81. The third-order valence-electron chi connectivity index (χ3n) is 4.64. The van der Waals surface area contributed by atoms with E-state index in [4.69, 9.17) is 0 Å². The van der Waals surface area contributed by atoms with Gasteiger partial charge >= 0.3 is 6.18 Å². The molecule has 0 saturated carbocycles. The van der Waals surface area contributed by atoms with Gasteiger partial charge in [0.2, 0.25) is 0 Å². The molecular weight excluding hydrogens is 479 g/mol. The van der Waals surface area contributed by atoms with Gasteiger partial charge in [-0.15, -0.1) is 6.58 Å². The molecule has 0 aliphatic carbocycles. The minimum Gasteiger partial charge on any atom is -0.317 e. The molecule has 1 amide bonds. The van der Waals surface area contributed by atoms with Gasteiger partial charge in [0.25, 0.3) is 15.9 Å². The van der Waals surface area contributed by atoms with E-state index in [1.807, 2.05) is 5.32 Å². The Labute approximate surface area is 192 Å². The smallest absolute Gasteiger partial charge is 0.317 e. The monoisotopic (exact) mass is 496 g/mol. The number of hydrogen-bond acceptors (Lipinski definition) is 3. The van der Waals surface area contributed by atoms with Crippen LogP contribution in [0.2, 0.25) is 0 Å². The molecule has 0 aliphatic rings. The molecular formula is C23H17F5N2O3S. The first-order valence-electron chi connectivity index (χ1n) is 9.61. The van der Waals surface area contributed by atoms with Gasteiger partial charge in [-0.3, -0.25) is 9.10 Å². The van der Waals surface area contributed by atoms with E-state index in [9.17, 15) is 35.2 Å². The van der Waals surface area contributed by atoms with Gasteiger partial charge < -0.3 is 5.32 Å². The zero-order valence-electron chi connectivity index (χ0n) is 17.3. The fourth-order valence-corrected chi connectivity index (χ4v) is 4.50. The zero-order chi connectivity index (χ0) is 25.1. The summed E-state index contributed by atoms with van der Waals surface area (Å²) in [5, 5.41) is 2.05. The molecule has 3 aromatic rings. The number of anilines is 2. The van der Waals surface area contributed by atoms with Gasteiger partial charge in [0.05, 0.1) is 22.7 Å². The summed E-state index contributed by atoms with van der Waals surface area (Å²) in [6.07, 6.45) is -3.51. The van der Waals surface area contributed by atoms with E-state index < -0.39 is 49.9 Å². The Morgan fingerprint density at radius 2 is 1.59 bits per heavy atom. The first kappa shape index (κ1) is 24.9. The maximum Gasteiger partial charge on any atom is 0.416 e. The van der Waals surface area contributed by atoms with Crippen molar-refractivity contribution < 1.29 is 35.2 Å². The van der Waals surface area contributed by atoms with E-state index in [0.717, 1.165) is 42.5 Å². The van der Waals surface area contributed by atoms with E-state index in [1.165, 1.54) is 24.3 Å². The normalized spacial score (nSPS) is 11.7. The minimum absolute atomic E-state index is 0.244. The second-order valence-electron chi connectivity index (χ2n) is 6.95. The molecule has 5 nitrogen and oxygen atoms in total. The number of sulfonamides is 1. The molecule has 0 saturated heterocycles. The largest absolute Gasteiger partial charge is 0.416 e. The maximum atomic E-state index is 13.8. The molecule has 0 spiro atoms. The number of alkyl halides is 3. The SMILES string of the molecule is C=CCN(c1cccc(C(F)(F)F)c1)S(=O)(=O)c1cccc(C(=O)Nc2c(F)cccc2F)c1. The lowest BCUT2D eigenvalue weighted by Crippen LogP contribution is -2.31. The Bertz CT molecular complexity index is 1320. The molecule has 3 rings (SSSR count). The quantitative estimate of drug-likeness (QED) is 0.341. The molecule has 1 N–H and O–H groups in total. The zero-order valence-corrected chi connectivity index (χ0v) is 18.1. The lowest BCUT2D eigenvalue weighted by Gasteiger charge is -2.24. The van der Waals surface area contributed by atoms with Crippen molar-refractivity contribution in [3.05, 3.63) is 102 Å². The number of para-hydroxylation sites is 1. The Morgan fingerprint density at radius 3 is 2.21 bits per heavy atom. The van der Waals surface area contributed by atoms with Crippen molar-refractivity contribution in [2.45, 2.75) is 11.1 Å². The van der Waals surface area contributed by atoms with Crippen LogP contribution in [0.5, 0.6) is 0 Å². The van der Waals surface area contributed by atoms with Gasteiger partial charge in [-0.2, -0.15) is 13.2 Å². The summed E-state index contributed by atoms with van der Waals surface area (Å²) >= 11 is 0. The van der Waals surface area contributed by atoms with Crippen LogP contribution >= 0.6 is 0 Å². The summed E-state index contributed by atoms with van der Waals surface area (Å²) in [7, 11) is -4.46. The predicted molar refractivity (Wildman–Crippen MR) is 117 cm³/mol. The van der Waals surface area contributed by atoms with E-state index >= 15 is 0 Å². The van der Waals surface area contributed by atoms with Crippen molar-refractivity contribution >= 4 is 27.3 Å². The molecule has 0 unspecified atom stereocenters. The third kappa shape index (κ3) is 5.25. The van der Waals surface area contributed by atoms with Crippen molar-refractivity contribution in [1.29, 1.82) is 0 Å². The summed E-state index contributed by atoms with van der Waals surface area (Å²) in [6, 6.07) is 11.2. The molecule has 0 aliphatic heterocycles. The fourth-order valence-electron chi connectivity index (χ4n) is 3.02. The number of hydrogen-bond donors (Lipinski definition) is 1. The van der Waals surface area contributed by atoms with Crippen LogP contribution in [0.1, 0.15) is 15.9 Å². The summed E-state index contributed by atoms with van der Waals surface area (Å²) in [5.74, 6) is -3.05. The Hall–Kier alpha value is -3.73. The van der Waals surface area contributed by atoms with Gasteiger partial charge in [0, 0.05) is 5.56 Å². The van der Waals surface area contributed by atoms with Crippen LogP contribution in [0.15, 0.2) is 84.3 Å². The van der Waals surface area contributed by atoms with Gasteiger partial charge in [0.15, 0.2) is 0 Å². The number of amides is 1. The van der Waals surface area contributed by atoms with Gasteiger partial charge in [-0.25, -0.2) is 17.2 Å². The molecule has 0 heterocycles. The molecule has 0 bridgehead atoms. The highest BCUT2D eigenvalue weighted by atomic mass is 32.2. The minimum atomic E-state index is -4.69. The van der Waals surface area contributed by atoms with Crippen LogP contribution in [0.3, 0.4) is 0 Å². The van der Waals surface area contributed by atoms with Crippen LogP contribution < -0.4 is 9.62 Å². The van der Waals surface area contributed by atoms with E-state index in [2.05, 4.69) is 6.58 Å². The lowest BCUT2D eigenvalue weighted by molar-refractivity contribution is -0.137. The van der Waals surface area contributed by atoms with Crippen LogP contribution in [0, 0.1) is 11.6 Å². The van der Waals surface area contributed by atoms with Crippen molar-refractivity contribution in [3.8, 4) is 0 Å². The molecule has 11 heteroatoms. The molecule has 0 fully saturated rings. The van der Waals surface area contributed by atoms with E-state index in [1.54, 1.807) is 0 Å². The highest BCUT2D eigenvalue weighted by molar-refractivity contribution is 7.92. The lowest BCUT2D eigenvalue weighted by atomic mass is 10.2. The van der Waals surface area contributed by atoms with Crippen LogP contribution in [-0.4, -0.2) is 20.9 Å². The molecule has 0 atom stereocenters. The van der Waals surface area contributed by atoms with Crippen LogP contribution in [0.4, 0.5) is 33.3 Å². The van der Waals surface area contributed by atoms with E-state index in [-0.39, 0.29) is 17.8 Å². The number of carbonyl (C=O) groups is 1.